The Hall–Kier alpha value is -5.18. The number of aromatic nitrogens is 9. The summed E-state index contributed by atoms with van der Waals surface area (Å²) in [4.78, 5) is 23.6. The maximum Gasteiger partial charge on any atom is 0.226 e. The smallest absolute Gasteiger partial charge is 0.226 e. The molecule has 0 amide bonds. The quantitative estimate of drug-likeness (QED) is 0.156. The van der Waals surface area contributed by atoms with Crippen LogP contribution in [0.2, 0.25) is 0 Å². The molecule has 14 heteroatoms. The molecule has 1 aliphatic heterocycles. The molecule has 7 rings (SSSR count). The van der Waals surface area contributed by atoms with Crippen molar-refractivity contribution in [2.24, 2.45) is 7.05 Å². The average Bonchev–Trinajstić information content (AvgIpc) is 3.89. The maximum absolute atomic E-state index is 11.0. The number of anilines is 2. The van der Waals surface area contributed by atoms with E-state index in [9.17, 15) is 10.2 Å². The van der Waals surface area contributed by atoms with Crippen LogP contribution in [0.25, 0.3) is 22.8 Å². The summed E-state index contributed by atoms with van der Waals surface area (Å²) in [6.45, 7) is 3.59. The van der Waals surface area contributed by atoms with E-state index >= 15 is 0 Å². The molecule has 2 aromatic carbocycles. The highest BCUT2D eigenvalue weighted by Gasteiger charge is 2.39. The van der Waals surface area contributed by atoms with Crippen LogP contribution in [0.5, 0.6) is 0 Å². The number of aryl methyl sites for hydroxylation is 2. The van der Waals surface area contributed by atoms with Crippen molar-refractivity contribution >= 4 is 22.9 Å². The van der Waals surface area contributed by atoms with Crippen LogP contribution in [-0.2, 0) is 24.8 Å². The Labute approximate surface area is 271 Å². The summed E-state index contributed by atoms with van der Waals surface area (Å²) < 4.78 is 11.2. The van der Waals surface area contributed by atoms with Crippen LogP contribution < -0.4 is 10.6 Å². The summed E-state index contributed by atoms with van der Waals surface area (Å²) in [7, 11) is 1.94. The summed E-state index contributed by atoms with van der Waals surface area (Å²) in [5.74, 6) is 1.55. The molecule has 1 fully saturated rings. The number of imidazole rings is 2. The van der Waals surface area contributed by atoms with Gasteiger partial charge in [-0.3, -0.25) is 9.25 Å². The molecule has 0 bridgehead atoms. The SMILES string of the molecule is CCn1cnc(-c2nc3c(NCC(c4ccccc4)c4ccccc4)nc(NCCc4cn(C)cn4)nc3n2[C@@H]2OC[C@H](O)[C@H]2O)n1. The topological polar surface area (TPSA) is 166 Å². The van der Waals surface area contributed by atoms with E-state index in [2.05, 4.69) is 50.0 Å². The third-order valence-electron chi connectivity index (χ3n) is 8.28. The normalized spacial score (nSPS) is 17.9. The first-order valence-electron chi connectivity index (χ1n) is 15.7. The fourth-order valence-electron chi connectivity index (χ4n) is 5.83. The molecule has 242 valence electrons. The fourth-order valence-corrected chi connectivity index (χ4v) is 5.83. The third-order valence-corrected chi connectivity index (χ3v) is 8.28. The van der Waals surface area contributed by atoms with Gasteiger partial charge in [0, 0.05) is 45.2 Å². The van der Waals surface area contributed by atoms with Gasteiger partial charge in [-0.25, -0.2) is 15.0 Å². The number of aliphatic hydroxyl groups is 2. The molecule has 4 aromatic heterocycles. The highest BCUT2D eigenvalue weighted by molar-refractivity contribution is 5.87. The van der Waals surface area contributed by atoms with Crippen molar-refractivity contribution in [3.8, 4) is 11.6 Å². The first-order valence-corrected chi connectivity index (χ1v) is 15.7. The molecule has 3 atom stereocenters. The number of aliphatic hydroxyl groups excluding tert-OH is 2. The number of hydrogen-bond acceptors (Lipinski definition) is 11. The molecule has 4 N–H and O–H groups in total. The Balaban J connectivity index is 1.32. The van der Waals surface area contributed by atoms with Crippen LogP contribution >= 0.6 is 0 Å². The number of rotatable bonds is 12. The molecule has 0 spiro atoms. The molecular weight excluding hydrogens is 598 g/mol. The molecule has 0 saturated carbocycles. The van der Waals surface area contributed by atoms with E-state index in [1.165, 1.54) is 0 Å². The summed E-state index contributed by atoms with van der Waals surface area (Å²) in [6, 6.07) is 20.6. The van der Waals surface area contributed by atoms with Crippen molar-refractivity contribution in [2.45, 2.75) is 44.2 Å². The Morgan fingerprint density at radius 1 is 0.936 bits per heavy atom. The molecule has 6 aromatic rings. The Morgan fingerprint density at radius 2 is 1.68 bits per heavy atom. The van der Waals surface area contributed by atoms with E-state index in [4.69, 9.17) is 19.7 Å². The van der Waals surface area contributed by atoms with Crippen molar-refractivity contribution < 1.29 is 14.9 Å². The van der Waals surface area contributed by atoms with Gasteiger partial charge in [-0.05, 0) is 18.1 Å². The predicted molar refractivity (Wildman–Crippen MR) is 176 cm³/mol. The lowest BCUT2D eigenvalue weighted by Gasteiger charge is -2.20. The van der Waals surface area contributed by atoms with Gasteiger partial charge < -0.3 is 30.2 Å². The zero-order chi connectivity index (χ0) is 32.3. The molecule has 47 heavy (non-hydrogen) atoms. The first-order chi connectivity index (χ1) is 23.0. The fraction of sp³-hybridized carbons (Fsp3) is 0.333. The van der Waals surface area contributed by atoms with Gasteiger partial charge in [0.15, 0.2) is 29.0 Å². The minimum Gasteiger partial charge on any atom is -0.388 e. The molecular formula is C33H37N11O3. The van der Waals surface area contributed by atoms with Crippen molar-refractivity contribution in [3.63, 3.8) is 0 Å². The lowest BCUT2D eigenvalue weighted by Crippen LogP contribution is -2.28. The molecule has 1 saturated heterocycles. The van der Waals surface area contributed by atoms with E-state index in [1.54, 1.807) is 21.9 Å². The van der Waals surface area contributed by atoms with E-state index in [0.717, 1.165) is 16.8 Å². The number of hydrogen-bond donors (Lipinski definition) is 4. The van der Waals surface area contributed by atoms with E-state index < -0.39 is 18.4 Å². The second-order valence-electron chi connectivity index (χ2n) is 11.5. The molecule has 0 radical (unpaired) electrons. The Bertz CT molecular complexity index is 1900. The largest absolute Gasteiger partial charge is 0.388 e. The van der Waals surface area contributed by atoms with E-state index in [0.29, 0.717) is 60.6 Å². The molecule has 0 aliphatic carbocycles. The molecule has 1 aliphatic rings. The first kappa shape index (κ1) is 30.5. The van der Waals surface area contributed by atoms with Gasteiger partial charge in [0.25, 0.3) is 0 Å². The molecule has 5 heterocycles. The highest BCUT2D eigenvalue weighted by atomic mass is 16.5. The van der Waals surface area contributed by atoms with Crippen molar-refractivity contribution in [1.82, 2.24) is 43.8 Å². The Morgan fingerprint density at radius 3 is 2.30 bits per heavy atom. The van der Waals surface area contributed by atoms with E-state index in [-0.39, 0.29) is 12.5 Å². The van der Waals surface area contributed by atoms with Gasteiger partial charge in [0.1, 0.15) is 18.5 Å². The van der Waals surface area contributed by atoms with Crippen molar-refractivity contribution in [1.29, 1.82) is 0 Å². The number of nitrogens with zero attached hydrogens (tertiary/aromatic N) is 9. The van der Waals surface area contributed by atoms with Crippen LogP contribution in [0.1, 0.15) is 35.9 Å². The van der Waals surface area contributed by atoms with E-state index in [1.807, 2.05) is 61.1 Å². The highest BCUT2D eigenvalue weighted by Crippen LogP contribution is 2.35. The summed E-state index contributed by atoms with van der Waals surface area (Å²) in [5.41, 5.74) is 4.11. The minimum atomic E-state index is -1.22. The second-order valence-corrected chi connectivity index (χ2v) is 11.5. The summed E-state index contributed by atoms with van der Waals surface area (Å²) in [6.07, 6.45) is 2.77. The number of benzene rings is 2. The second kappa shape index (κ2) is 13.3. The summed E-state index contributed by atoms with van der Waals surface area (Å²) >= 11 is 0. The monoisotopic (exact) mass is 635 g/mol. The molecule has 0 unspecified atom stereocenters. The summed E-state index contributed by atoms with van der Waals surface area (Å²) in [5, 5.41) is 32.9. The van der Waals surface area contributed by atoms with Crippen LogP contribution in [0, 0.1) is 0 Å². The van der Waals surface area contributed by atoms with Crippen LogP contribution in [0.3, 0.4) is 0 Å². The lowest BCUT2D eigenvalue weighted by atomic mass is 9.91. The van der Waals surface area contributed by atoms with Crippen LogP contribution in [0.15, 0.2) is 79.5 Å². The van der Waals surface area contributed by atoms with Gasteiger partial charge in [0.2, 0.25) is 11.8 Å². The van der Waals surface area contributed by atoms with Crippen molar-refractivity contribution in [3.05, 3.63) is 96.3 Å². The zero-order valence-electron chi connectivity index (χ0n) is 26.2. The van der Waals surface area contributed by atoms with Gasteiger partial charge in [-0.2, -0.15) is 9.97 Å². The van der Waals surface area contributed by atoms with Gasteiger partial charge in [-0.1, -0.05) is 60.7 Å². The third kappa shape index (κ3) is 6.30. The standard InChI is InChI=1S/C33H37N11O3/c1-3-43-20-37-29(41-43)31-38-26-28(35-16-24(21-10-6-4-7-11-21)22-12-8-5-9-13-22)39-33(34-15-14-23-17-42(2)19-36-23)40-30(26)44(31)32-27(46)25(45)18-47-32/h4-13,17,19-20,24-25,27,32,45-46H,3,14-16,18H2,1-2H3,(H2,34,35,39,40)/t25-,27+,32+/m0/s1. The number of nitrogens with one attached hydrogen (secondary N) is 2. The zero-order valence-corrected chi connectivity index (χ0v) is 26.2. The minimum absolute atomic E-state index is 0.0154. The van der Waals surface area contributed by atoms with Crippen LogP contribution in [0.4, 0.5) is 11.8 Å². The van der Waals surface area contributed by atoms with Crippen molar-refractivity contribution in [2.75, 3.05) is 30.3 Å². The van der Waals surface area contributed by atoms with Gasteiger partial charge >= 0.3 is 0 Å². The van der Waals surface area contributed by atoms with Crippen LogP contribution in [-0.4, -0.2) is 86.0 Å². The Kier molecular flexibility index (Phi) is 8.61. The van der Waals surface area contributed by atoms with Gasteiger partial charge in [-0.15, -0.1) is 5.10 Å². The number of fused-ring (bicyclic) bond motifs is 1. The van der Waals surface area contributed by atoms with Gasteiger partial charge in [0.05, 0.1) is 18.6 Å². The molecule has 14 nitrogen and oxygen atoms in total. The average molecular weight is 636 g/mol. The number of ether oxygens (including phenoxy) is 1. The maximum atomic E-state index is 11.0. The lowest BCUT2D eigenvalue weighted by molar-refractivity contribution is -0.0153. The predicted octanol–water partition coefficient (Wildman–Crippen LogP) is 2.99.